The van der Waals surface area contributed by atoms with E-state index in [-0.39, 0.29) is 22.8 Å². The van der Waals surface area contributed by atoms with E-state index in [0.29, 0.717) is 12.1 Å². The molecule has 5 heteroatoms. The number of rotatable bonds is 4. The number of methoxy groups -OCH3 is 1. The topological polar surface area (TPSA) is 58.6 Å². The Hall–Kier alpha value is -1.26. The van der Waals surface area contributed by atoms with Gasteiger partial charge in [-0.15, -0.1) is 0 Å². The lowest BCUT2D eigenvalue weighted by atomic mass is 10.2. The van der Waals surface area contributed by atoms with Crippen LogP contribution in [0.5, 0.6) is 5.75 Å². The van der Waals surface area contributed by atoms with Crippen molar-refractivity contribution < 1.29 is 14.6 Å². The average molecular weight is 244 g/mol. The number of hydrogen-bond donors (Lipinski definition) is 2. The maximum atomic E-state index is 11.6. The minimum atomic E-state index is -0.245. The van der Waals surface area contributed by atoms with Gasteiger partial charge in [0.1, 0.15) is 5.75 Å². The molecule has 0 saturated heterocycles. The van der Waals surface area contributed by atoms with Crippen LogP contribution in [0.4, 0.5) is 0 Å². The molecule has 0 spiro atoms. The molecule has 1 unspecified atom stereocenters. The number of hydrogen-bond acceptors (Lipinski definition) is 3. The molecule has 0 aromatic heterocycles. The van der Waals surface area contributed by atoms with Crippen LogP contribution in [-0.4, -0.2) is 30.8 Å². The molecule has 1 atom stereocenters. The van der Waals surface area contributed by atoms with Gasteiger partial charge in [-0.1, -0.05) is 11.6 Å². The van der Waals surface area contributed by atoms with Crippen LogP contribution in [0.2, 0.25) is 5.02 Å². The third-order valence-electron chi connectivity index (χ3n) is 2.16. The number of carbonyl (C=O) groups excluding carboxylic acids is 1. The van der Waals surface area contributed by atoms with Gasteiger partial charge in [0.05, 0.1) is 11.1 Å². The Morgan fingerprint density at radius 1 is 1.62 bits per heavy atom. The Balaban J connectivity index is 2.63. The predicted octanol–water partition coefficient (Wildman–Crippen LogP) is 1.81. The standard InChI is InChI=1S/C11H14ClNO3/c1-7(16-2)6-13-11(15)8-3-4-10(14)9(12)5-8/h3-5,7,14H,6H2,1-2H3,(H,13,15). The Morgan fingerprint density at radius 2 is 2.31 bits per heavy atom. The normalized spacial score (nSPS) is 12.2. The second-order valence-corrected chi connectivity index (χ2v) is 3.83. The van der Waals surface area contributed by atoms with Crippen LogP contribution in [0.15, 0.2) is 18.2 Å². The molecule has 1 rings (SSSR count). The van der Waals surface area contributed by atoms with Crippen molar-refractivity contribution in [3.63, 3.8) is 0 Å². The molecule has 0 fully saturated rings. The van der Waals surface area contributed by atoms with Gasteiger partial charge < -0.3 is 15.2 Å². The van der Waals surface area contributed by atoms with Gasteiger partial charge in [-0.2, -0.15) is 0 Å². The lowest BCUT2D eigenvalue weighted by Crippen LogP contribution is -2.31. The Kier molecular flexibility index (Phi) is 4.58. The van der Waals surface area contributed by atoms with Crippen molar-refractivity contribution >= 4 is 17.5 Å². The summed E-state index contributed by atoms with van der Waals surface area (Å²) in [4.78, 5) is 11.6. The van der Waals surface area contributed by atoms with E-state index in [0.717, 1.165) is 0 Å². The first kappa shape index (κ1) is 12.8. The van der Waals surface area contributed by atoms with Gasteiger partial charge in [-0.3, -0.25) is 4.79 Å². The summed E-state index contributed by atoms with van der Waals surface area (Å²) in [5.74, 6) is -0.283. The van der Waals surface area contributed by atoms with Crippen molar-refractivity contribution in [2.24, 2.45) is 0 Å². The zero-order valence-corrected chi connectivity index (χ0v) is 9.91. The molecule has 0 bridgehead atoms. The number of halogens is 1. The fourth-order valence-electron chi connectivity index (χ4n) is 1.07. The van der Waals surface area contributed by atoms with Crippen molar-refractivity contribution in [1.29, 1.82) is 0 Å². The van der Waals surface area contributed by atoms with Crippen LogP contribution in [0, 0.1) is 0 Å². The third-order valence-corrected chi connectivity index (χ3v) is 2.47. The fraction of sp³-hybridized carbons (Fsp3) is 0.364. The quantitative estimate of drug-likeness (QED) is 0.848. The largest absolute Gasteiger partial charge is 0.506 e. The highest BCUT2D eigenvalue weighted by atomic mass is 35.5. The van der Waals surface area contributed by atoms with E-state index in [1.165, 1.54) is 18.2 Å². The Bertz CT molecular complexity index is 381. The molecule has 1 amide bonds. The average Bonchev–Trinajstić information content (AvgIpc) is 2.29. The fourth-order valence-corrected chi connectivity index (χ4v) is 1.25. The van der Waals surface area contributed by atoms with Crippen molar-refractivity contribution in [1.82, 2.24) is 5.32 Å². The predicted molar refractivity (Wildman–Crippen MR) is 61.9 cm³/mol. The highest BCUT2D eigenvalue weighted by Crippen LogP contribution is 2.23. The second-order valence-electron chi connectivity index (χ2n) is 3.42. The van der Waals surface area contributed by atoms with Gasteiger partial charge in [0.25, 0.3) is 5.91 Å². The minimum absolute atomic E-state index is 0.0384. The molecule has 16 heavy (non-hydrogen) atoms. The Labute approximate surface area is 99.2 Å². The number of phenols is 1. The highest BCUT2D eigenvalue weighted by molar-refractivity contribution is 6.32. The lowest BCUT2D eigenvalue weighted by molar-refractivity contribution is 0.0870. The van der Waals surface area contributed by atoms with Gasteiger partial charge in [0.2, 0.25) is 0 Å². The highest BCUT2D eigenvalue weighted by Gasteiger charge is 2.09. The van der Waals surface area contributed by atoms with Crippen molar-refractivity contribution in [2.45, 2.75) is 13.0 Å². The zero-order valence-electron chi connectivity index (χ0n) is 9.16. The summed E-state index contributed by atoms with van der Waals surface area (Å²) in [5.41, 5.74) is 0.408. The maximum absolute atomic E-state index is 11.6. The monoisotopic (exact) mass is 243 g/mol. The van der Waals surface area contributed by atoms with Crippen LogP contribution >= 0.6 is 11.6 Å². The summed E-state index contributed by atoms with van der Waals surface area (Å²) in [6.07, 6.45) is -0.0449. The number of ether oxygens (including phenoxy) is 1. The second kappa shape index (κ2) is 5.72. The molecule has 4 nitrogen and oxygen atoms in total. The summed E-state index contributed by atoms with van der Waals surface area (Å²) in [5, 5.41) is 12.0. The lowest BCUT2D eigenvalue weighted by Gasteiger charge is -2.10. The van der Waals surface area contributed by atoms with Crippen LogP contribution < -0.4 is 5.32 Å². The summed E-state index contributed by atoms with van der Waals surface area (Å²) in [7, 11) is 1.58. The summed E-state index contributed by atoms with van der Waals surface area (Å²) >= 11 is 5.69. The zero-order chi connectivity index (χ0) is 12.1. The Morgan fingerprint density at radius 3 is 2.88 bits per heavy atom. The molecule has 88 valence electrons. The number of nitrogens with one attached hydrogen (secondary N) is 1. The van der Waals surface area contributed by atoms with Gasteiger partial charge in [-0.05, 0) is 25.1 Å². The summed E-state index contributed by atoms with van der Waals surface area (Å²) in [6, 6.07) is 4.31. The van der Waals surface area contributed by atoms with Gasteiger partial charge >= 0.3 is 0 Å². The van der Waals surface area contributed by atoms with E-state index in [9.17, 15) is 9.90 Å². The van der Waals surface area contributed by atoms with E-state index in [1.54, 1.807) is 7.11 Å². The number of carbonyl (C=O) groups is 1. The molecule has 0 aliphatic carbocycles. The summed E-state index contributed by atoms with van der Waals surface area (Å²) in [6.45, 7) is 2.28. The minimum Gasteiger partial charge on any atom is -0.506 e. The van der Waals surface area contributed by atoms with Crippen LogP contribution in [-0.2, 0) is 4.74 Å². The molecule has 2 N–H and O–H groups in total. The van der Waals surface area contributed by atoms with Gasteiger partial charge in [0, 0.05) is 19.2 Å². The third kappa shape index (κ3) is 3.40. The van der Waals surface area contributed by atoms with Gasteiger partial charge in [-0.25, -0.2) is 0 Å². The SMILES string of the molecule is COC(C)CNC(=O)c1ccc(O)c(Cl)c1. The first-order chi connectivity index (χ1) is 7.54. The number of benzene rings is 1. The molecule has 1 aromatic rings. The van der Waals surface area contributed by atoms with Crippen LogP contribution in [0.1, 0.15) is 17.3 Å². The first-order valence-electron chi connectivity index (χ1n) is 4.84. The van der Waals surface area contributed by atoms with Gasteiger partial charge in [0.15, 0.2) is 0 Å². The number of phenolic OH excluding ortho intramolecular Hbond substituents is 1. The van der Waals surface area contributed by atoms with E-state index >= 15 is 0 Å². The van der Waals surface area contributed by atoms with Crippen LogP contribution in [0.3, 0.4) is 0 Å². The van der Waals surface area contributed by atoms with E-state index < -0.39 is 0 Å². The van der Waals surface area contributed by atoms with Crippen LogP contribution in [0.25, 0.3) is 0 Å². The number of amides is 1. The van der Waals surface area contributed by atoms with E-state index in [2.05, 4.69) is 5.32 Å². The molecular weight excluding hydrogens is 230 g/mol. The molecule has 0 heterocycles. The molecule has 0 aliphatic heterocycles. The molecule has 0 saturated carbocycles. The van der Waals surface area contributed by atoms with E-state index in [1.807, 2.05) is 6.92 Å². The first-order valence-corrected chi connectivity index (χ1v) is 5.22. The summed E-state index contributed by atoms with van der Waals surface area (Å²) < 4.78 is 5.00. The number of aromatic hydroxyl groups is 1. The maximum Gasteiger partial charge on any atom is 0.251 e. The molecule has 1 aromatic carbocycles. The van der Waals surface area contributed by atoms with Crippen molar-refractivity contribution in [3.05, 3.63) is 28.8 Å². The van der Waals surface area contributed by atoms with E-state index in [4.69, 9.17) is 16.3 Å². The molecular formula is C11H14ClNO3. The molecule has 0 aliphatic rings. The van der Waals surface area contributed by atoms with Crippen molar-refractivity contribution in [2.75, 3.05) is 13.7 Å². The smallest absolute Gasteiger partial charge is 0.251 e. The van der Waals surface area contributed by atoms with Crippen molar-refractivity contribution in [3.8, 4) is 5.75 Å². The molecule has 0 radical (unpaired) electrons.